The second kappa shape index (κ2) is 6.31. The molecule has 0 aliphatic rings. The topological polar surface area (TPSA) is 4.93 Å². The summed E-state index contributed by atoms with van der Waals surface area (Å²) in [6.45, 7) is 3.13. The van der Waals surface area contributed by atoms with Crippen molar-refractivity contribution in [1.29, 1.82) is 0 Å². The van der Waals surface area contributed by atoms with Gasteiger partial charge >= 0.3 is 0 Å². The first-order valence-electron chi connectivity index (χ1n) is 7.26. The molecular formula is C19H18BrN. The summed E-state index contributed by atoms with van der Waals surface area (Å²) in [6.07, 6.45) is 3.22. The Morgan fingerprint density at radius 1 is 0.905 bits per heavy atom. The van der Waals surface area contributed by atoms with E-state index >= 15 is 0 Å². The van der Waals surface area contributed by atoms with E-state index in [4.69, 9.17) is 0 Å². The Morgan fingerprint density at radius 3 is 2.38 bits per heavy atom. The Balaban J connectivity index is 1.83. The van der Waals surface area contributed by atoms with Gasteiger partial charge in [0.1, 0.15) is 0 Å². The minimum atomic E-state index is 0.937. The summed E-state index contributed by atoms with van der Waals surface area (Å²) in [4.78, 5) is 0. The number of benzene rings is 2. The molecule has 0 saturated heterocycles. The first-order valence-corrected chi connectivity index (χ1v) is 8.05. The molecule has 0 saturated carbocycles. The van der Waals surface area contributed by atoms with Gasteiger partial charge in [0.2, 0.25) is 0 Å². The summed E-state index contributed by atoms with van der Waals surface area (Å²) in [5.74, 6) is 0. The number of aryl methyl sites for hydroxylation is 1. The van der Waals surface area contributed by atoms with Crippen LogP contribution in [-0.4, -0.2) is 4.57 Å². The molecule has 0 bridgehead atoms. The molecule has 0 amide bonds. The first kappa shape index (κ1) is 14.2. The maximum absolute atomic E-state index is 3.61. The molecule has 0 aliphatic heterocycles. The zero-order chi connectivity index (χ0) is 14.7. The Hall–Kier alpha value is -1.80. The standard InChI is InChI=1S/C19H18BrN/c1-2-17-6-5-13-21(17)14-15-9-11-16(12-10-15)18-7-3-4-8-19(18)20/h3-13H,2,14H2,1H3. The van der Waals surface area contributed by atoms with E-state index in [1.54, 1.807) is 0 Å². The monoisotopic (exact) mass is 339 g/mol. The average molecular weight is 340 g/mol. The molecule has 1 aromatic heterocycles. The SMILES string of the molecule is CCc1cccn1Cc1ccc(-c2ccccc2Br)cc1. The summed E-state index contributed by atoms with van der Waals surface area (Å²) in [5, 5.41) is 0. The predicted molar refractivity (Wildman–Crippen MR) is 92.5 cm³/mol. The first-order chi connectivity index (χ1) is 10.3. The third-order valence-electron chi connectivity index (χ3n) is 3.78. The zero-order valence-corrected chi connectivity index (χ0v) is 13.7. The van der Waals surface area contributed by atoms with Crippen molar-refractivity contribution < 1.29 is 0 Å². The van der Waals surface area contributed by atoms with E-state index in [0.29, 0.717) is 0 Å². The minimum absolute atomic E-state index is 0.937. The summed E-state index contributed by atoms with van der Waals surface area (Å²) < 4.78 is 3.45. The Labute approximate surface area is 134 Å². The molecule has 1 heterocycles. The van der Waals surface area contributed by atoms with Crippen LogP contribution >= 0.6 is 15.9 Å². The highest BCUT2D eigenvalue weighted by Gasteiger charge is 2.03. The summed E-state index contributed by atoms with van der Waals surface area (Å²) in [6, 6.07) is 21.5. The number of hydrogen-bond donors (Lipinski definition) is 0. The second-order valence-corrected chi connectivity index (χ2v) is 6.01. The van der Waals surface area contributed by atoms with Gasteiger partial charge in [-0.05, 0) is 41.3 Å². The van der Waals surface area contributed by atoms with Crippen LogP contribution in [0.25, 0.3) is 11.1 Å². The van der Waals surface area contributed by atoms with E-state index < -0.39 is 0 Å². The van der Waals surface area contributed by atoms with Gasteiger partial charge in [-0.2, -0.15) is 0 Å². The van der Waals surface area contributed by atoms with Crippen LogP contribution < -0.4 is 0 Å². The third-order valence-corrected chi connectivity index (χ3v) is 4.47. The third kappa shape index (κ3) is 3.11. The largest absolute Gasteiger partial charge is 0.347 e. The quantitative estimate of drug-likeness (QED) is 0.589. The highest BCUT2D eigenvalue weighted by molar-refractivity contribution is 9.10. The van der Waals surface area contributed by atoms with Gasteiger partial charge in [-0.25, -0.2) is 0 Å². The van der Waals surface area contributed by atoms with Crippen molar-refractivity contribution in [3.05, 3.63) is 82.6 Å². The molecule has 0 atom stereocenters. The minimum Gasteiger partial charge on any atom is -0.347 e. The molecule has 21 heavy (non-hydrogen) atoms. The van der Waals surface area contributed by atoms with Crippen molar-refractivity contribution in [3.63, 3.8) is 0 Å². The fraction of sp³-hybridized carbons (Fsp3) is 0.158. The molecule has 2 aromatic carbocycles. The van der Waals surface area contributed by atoms with Gasteiger partial charge in [0.15, 0.2) is 0 Å². The highest BCUT2D eigenvalue weighted by atomic mass is 79.9. The van der Waals surface area contributed by atoms with E-state index in [-0.39, 0.29) is 0 Å². The average Bonchev–Trinajstić information content (AvgIpc) is 2.96. The molecule has 106 valence electrons. The zero-order valence-electron chi connectivity index (χ0n) is 12.1. The van der Waals surface area contributed by atoms with Crippen molar-refractivity contribution in [3.8, 4) is 11.1 Å². The van der Waals surface area contributed by atoms with Gasteiger partial charge in [0, 0.05) is 22.9 Å². The molecule has 0 N–H and O–H groups in total. The lowest BCUT2D eigenvalue weighted by molar-refractivity contribution is 0.751. The molecular weight excluding hydrogens is 322 g/mol. The molecule has 1 nitrogen and oxygen atoms in total. The number of halogens is 1. The molecule has 3 rings (SSSR count). The molecule has 0 unspecified atom stereocenters. The van der Waals surface area contributed by atoms with Gasteiger partial charge in [-0.1, -0.05) is 65.3 Å². The van der Waals surface area contributed by atoms with Gasteiger partial charge in [-0.3, -0.25) is 0 Å². The smallest absolute Gasteiger partial charge is 0.0472 e. The van der Waals surface area contributed by atoms with Crippen LogP contribution in [-0.2, 0) is 13.0 Å². The predicted octanol–water partition coefficient (Wildman–Crippen LogP) is 5.53. The number of hydrogen-bond acceptors (Lipinski definition) is 0. The molecule has 0 spiro atoms. The highest BCUT2D eigenvalue weighted by Crippen LogP contribution is 2.28. The lowest BCUT2D eigenvalue weighted by atomic mass is 10.0. The fourth-order valence-electron chi connectivity index (χ4n) is 2.61. The van der Waals surface area contributed by atoms with E-state index in [0.717, 1.165) is 17.4 Å². The second-order valence-electron chi connectivity index (χ2n) is 5.16. The van der Waals surface area contributed by atoms with Crippen LogP contribution in [0.4, 0.5) is 0 Å². The Morgan fingerprint density at radius 2 is 1.67 bits per heavy atom. The number of aromatic nitrogens is 1. The summed E-state index contributed by atoms with van der Waals surface area (Å²) >= 11 is 3.61. The molecule has 3 aromatic rings. The van der Waals surface area contributed by atoms with Crippen molar-refractivity contribution in [1.82, 2.24) is 4.57 Å². The Kier molecular flexibility index (Phi) is 4.26. The van der Waals surface area contributed by atoms with Crippen LogP contribution in [0.2, 0.25) is 0 Å². The maximum Gasteiger partial charge on any atom is 0.0472 e. The molecule has 0 fully saturated rings. The van der Waals surface area contributed by atoms with Crippen molar-refractivity contribution in [2.24, 2.45) is 0 Å². The Bertz CT molecular complexity index is 725. The number of rotatable bonds is 4. The molecule has 0 aliphatic carbocycles. The summed E-state index contributed by atoms with van der Waals surface area (Å²) in [7, 11) is 0. The lowest BCUT2D eigenvalue weighted by Gasteiger charge is -2.09. The van der Waals surface area contributed by atoms with E-state index in [2.05, 4.69) is 88.2 Å². The normalized spacial score (nSPS) is 10.8. The lowest BCUT2D eigenvalue weighted by Crippen LogP contribution is -2.02. The molecule has 0 radical (unpaired) electrons. The van der Waals surface area contributed by atoms with Gasteiger partial charge in [-0.15, -0.1) is 0 Å². The van der Waals surface area contributed by atoms with Crippen LogP contribution in [0.1, 0.15) is 18.2 Å². The van der Waals surface area contributed by atoms with Crippen molar-refractivity contribution in [2.75, 3.05) is 0 Å². The van der Waals surface area contributed by atoms with Gasteiger partial charge < -0.3 is 4.57 Å². The van der Waals surface area contributed by atoms with Gasteiger partial charge in [0.05, 0.1) is 0 Å². The van der Waals surface area contributed by atoms with E-state index in [1.807, 2.05) is 6.07 Å². The maximum atomic E-state index is 3.61. The van der Waals surface area contributed by atoms with Crippen molar-refractivity contribution >= 4 is 15.9 Å². The summed E-state index contributed by atoms with van der Waals surface area (Å²) in [5.41, 5.74) is 5.19. The fourth-order valence-corrected chi connectivity index (χ4v) is 3.12. The van der Waals surface area contributed by atoms with E-state index in [9.17, 15) is 0 Å². The number of nitrogens with zero attached hydrogens (tertiary/aromatic N) is 1. The van der Waals surface area contributed by atoms with Crippen LogP contribution in [0.15, 0.2) is 71.3 Å². The van der Waals surface area contributed by atoms with Crippen LogP contribution in [0, 0.1) is 0 Å². The van der Waals surface area contributed by atoms with E-state index in [1.165, 1.54) is 22.4 Å². The van der Waals surface area contributed by atoms with Crippen molar-refractivity contribution in [2.45, 2.75) is 19.9 Å². The van der Waals surface area contributed by atoms with Gasteiger partial charge in [0.25, 0.3) is 0 Å². The van der Waals surface area contributed by atoms with Crippen LogP contribution in [0.3, 0.4) is 0 Å². The van der Waals surface area contributed by atoms with Crippen LogP contribution in [0.5, 0.6) is 0 Å². The molecule has 2 heteroatoms.